The summed E-state index contributed by atoms with van der Waals surface area (Å²) >= 11 is 5.86. The SMILES string of the molecule is CC(C)CNC(=O)c1ccc(COc2ccc(F)cc2Cl)o1. The zero-order valence-corrected chi connectivity index (χ0v) is 13.1. The number of hydrogen-bond donors (Lipinski definition) is 1. The fourth-order valence-corrected chi connectivity index (χ4v) is 1.92. The van der Waals surface area contributed by atoms with Crippen molar-refractivity contribution in [2.24, 2.45) is 5.92 Å². The summed E-state index contributed by atoms with van der Waals surface area (Å²) in [5.74, 6) is 0.728. The van der Waals surface area contributed by atoms with Gasteiger partial charge in [-0.1, -0.05) is 25.4 Å². The standard InChI is InChI=1S/C16H17ClFNO3/c1-10(2)8-19-16(20)15-6-4-12(22-15)9-21-14-5-3-11(18)7-13(14)17/h3-7,10H,8-9H2,1-2H3,(H,19,20). The van der Waals surface area contributed by atoms with Crippen LogP contribution in [0.15, 0.2) is 34.7 Å². The minimum atomic E-state index is -0.431. The number of hydrogen-bond acceptors (Lipinski definition) is 3. The molecule has 1 N–H and O–H groups in total. The van der Waals surface area contributed by atoms with Crippen molar-refractivity contribution in [3.63, 3.8) is 0 Å². The summed E-state index contributed by atoms with van der Waals surface area (Å²) in [6, 6.07) is 7.11. The van der Waals surface area contributed by atoms with E-state index in [1.807, 2.05) is 13.8 Å². The van der Waals surface area contributed by atoms with Gasteiger partial charge in [0.15, 0.2) is 5.76 Å². The summed E-state index contributed by atoms with van der Waals surface area (Å²) < 4.78 is 23.8. The van der Waals surface area contributed by atoms with Crippen LogP contribution in [0.1, 0.15) is 30.2 Å². The molecule has 6 heteroatoms. The molecule has 1 amide bonds. The van der Waals surface area contributed by atoms with Gasteiger partial charge in [0.2, 0.25) is 0 Å². The highest BCUT2D eigenvalue weighted by Gasteiger charge is 2.12. The number of furan rings is 1. The molecule has 118 valence electrons. The molecule has 0 saturated carbocycles. The molecule has 1 aromatic heterocycles. The van der Waals surface area contributed by atoms with Gasteiger partial charge in [-0.3, -0.25) is 4.79 Å². The Labute approximate surface area is 133 Å². The average molecular weight is 326 g/mol. The first-order chi connectivity index (χ1) is 10.5. The number of benzene rings is 1. The van der Waals surface area contributed by atoms with Crippen molar-refractivity contribution in [3.05, 3.63) is 52.7 Å². The van der Waals surface area contributed by atoms with Gasteiger partial charge < -0.3 is 14.5 Å². The molecular weight excluding hydrogens is 309 g/mol. The zero-order chi connectivity index (χ0) is 16.1. The van der Waals surface area contributed by atoms with Crippen LogP contribution in [0.5, 0.6) is 5.75 Å². The van der Waals surface area contributed by atoms with Gasteiger partial charge in [0.05, 0.1) is 5.02 Å². The van der Waals surface area contributed by atoms with Crippen molar-refractivity contribution in [2.75, 3.05) is 6.54 Å². The molecule has 0 aliphatic carbocycles. The smallest absolute Gasteiger partial charge is 0.287 e. The van der Waals surface area contributed by atoms with Crippen LogP contribution in [0.25, 0.3) is 0 Å². The molecule has 1 aromatic carbocycles. The Balaban J connectivity index is 1.93. The van der Waals surface area contributed by atoms with E-state index < -0.39 is 5.82 Å². The van der Waals surface area contributed by atoms with Crippen molar-refractivity contribution >= 4 is 17.5 Å². The average Bonchev–Trinajstić information content (AvgIpc) is 2.92. The second-order valence-electron chi connectivity index (χ2n) is 5.23. The number of ether oxygens (including phenoxy) is 1. The molecule has 0 radical (unpaired) electrons. The highest BCUT2D eigenvalue weighted by molar-refractivity contribution is 6.32. The van der Waals surface area contributed by atoms with Crippen LogP contribution in [0.2, 0.25) is 5.02 Å². The van der Waals surface area contributed by atoms with Crippen molar-refractivity contribution in [1.82, 2.24) is 5.32 Å². The maximum Gasteiger partial charge on any atom is 0.287 e. The zero-order valence-electron chi connectivity index (χ0n) is 12.4. The third-order valence-electron chi connectivity index (χ3n) is 2.82. The highest BCUT2D eigenvalue weighted by atomic mass is 35.5. The molecule has 2 rings (SSSR count). The van der Waals surface area contributed by atoms with Crippen LogP contribution in [-0.4, -0.2) is 12.5 Å². The van der Waals surface area contributed by atoms with E-state index in [1.165, 1.54) is 18.2 Å². The lowest BCUT2D eigenvalue weighted by Crippen LogP contribution is -2.26. The first-order valence-electron chi connectivity index (χ1n) is 6.90. The Morgan fingerprint density at radius 2 is 2.14 bits per heavy atom. The van der Waals surface area contributed by atoms with Crippen LogP contribution < -0.4 is 10.1 Å². The Morgan fingerprint density at radius 3 is 2.82 bits per heavy atom. The monoisotopic (exact) mass is 325 g/mol. The van der Waals surface area contributed by atoms with Gasteiger partial charge in [0.25, 0.3) is 5.91 Å². The lowest BCUT2D eigenvalue weighted by molar-refractivity contribution is 0.0917. The van der Waals surface area contributed by atoms with E-state index in [9.17, 15) is 9.18 Å². The highest BCUT2D eigenvalue weighted by Crippen LogP contribution is 2.25. The van der Waals surface area contributed by atoms with Crippen LogP contribution in [0, 0.1) is 11.7 Å². The molecule has 0 aliphatic rings. The molecule has 22 heavy (non-hydrogen) atoms. The van der Waals surface area contributed by atoms with E-state index >= 15 is 0 Å². The first kappa shape index (κ1) is 16.4. The third kappa shape index (κ3) is 4.49. The summed E-state index contributed by atoms with van der Waals surface area (Å²) in [6.07, 6.45) is 0. The minimum absolute atomic E-state index is 0.100. The normalized spacial score (nSPS) is 10.8. The summed E-state index contributed by atoms with van der Waals surface area (Å²) in [4.78, 5) is 11.8. The minimum Gasteiger partial charge on any atom is -0.484 e. The van der Waals surface area contributed by atoms with E-state index in [0.29, 0.717) is 24.0 Å². The van der Waals surface area contributed by atoms with Crippen LogP contribution in [0.4, 0.5) is 4.39 Å². The number of halogens is 2. The maximum atomic E-state index is 12.9. The van der Waals surface area contributed by atoms with Crippen LogP contribution in [0.3, 0.4) is 0 Å². The van der Waals surface area contributed by atoms with Crippen molar-refractivity contribution in [2.45, 2.75) is 20.5 Å². The molecular formula is C16H17ClFNO3. The summed E-state index contributed by atoms with van der Waals surface area (Å²) in [7, 11) is 0. The molecule has 0 fully saturated rings. The number of carbonyl (C=O) groups excluding carboxylic acids is 1. The predicted octanol–water partition coefficient (Wildman–Crippen LogP) is 4.04. The summed E-state index contributed by atoms with van der Waals surface area (Å²) in [5.41, 5.74) is 0. The van der Waals surface area contributed by atoms with E-state index in [4.69, 9.17) is 20.8 Å². The second-order valence-corrected chi connectivity index (χ2v) is 5.64. The fourth-order valence-electron chi connectivity index (χ4n) is 1.70. The van der Waals surface area contributed by atoms with E-state index in [-0.39, 0.29) is 23.3 Å². The van der Waals surface area contributed by atoms with Gasteiger partial charge in [-0.2, -0.15) is 0 Å². The number of rotatable bonds is 6. The van der Waals surface area contributed by atoms with Crippen molar-refractivity contribution < 1.29 is 18.3 Å². The number of nitrogens with one attached hydrogen (secondary N) is 1. The van der Waals surface area contributed by atoms with E-state index in [1.54, 1.807) is 12.1 Å². The van der Waals surface area contributed by atoms with Gasteiger partial charge in [0.1, 0.15) is 23.9 Å². The van der Waals surface area contributed by atoms with Crippen LogP contribution in [-0.2, 0) is 6.61 Å². The van der Waals surface area contributed by atoms with Crippen LogP contribution >= 0.6 is 11.6 Å². The Bertz CT molecular complexity index is 655. The maximum absolute atomic E-state index is 12.9. The molecule has 0 saturated heterocycles. The molecule has 2 aromatic rings. The predicted molar refractivity (Wildman–Crippen MR) is 81.6 cm³/mol. The Morgan fingerprint density at radius 1 is 1.36 bits per heavy atom. The molecule has 4 nitrogen and oxygen atoms in total. The quantitative estimate of drug-likeness (QED) is 0.872. The lowest BCUT2D eigenvalue weighted by atomic mass is 10.2. The van der Waals surface area contributed by atoms with Gasteiger partial charge in [-0.05, 0) is 36.2 Å². The number of amides is 1. The molecule has 1 heterocycles. The van der Waals surface area contributed by atoms with Crippen molar-refractivity contribution in [3.8, 4) is 5.75 Å². The Kier molecular flexibility index (Phi) is 5.44. The van der Waals surface area contributed by atoms with Gasteiger partial charge in [-0.15, -0.1) is 0 Å². The Hall–Kier alpha value is -2.01. The molecule has 0 bridgehead atoms. The topological polar surface area (TPSA) is 51.5 Å². The fraction of sp³-hybridized carbons (Fsp3) is 0.312. The molecule has 0 spiro atoms. The number of carbonyl (C=O) groups is 1. The van der Waals surface area contributed by atoms with E-state index in [0.717, 1.165) is 0 Å². The van der Waals surface area contributed by atoms with Gasteiger partial charge in [-0.25, -0.2) is 4.39 Å². The van der Waals surface area contributed by atoms with Gasteiger partial charge in [0, 0.05) is 6.54 Å². The largest absolute Gasteiger partial charge is 0.484 e. The second kappa shape index (κ2) is 7.31. The summed E-state index contributed by atoms with van der Waals surface area (Å²) in [5, 5.41) is 2.95. The van der Waals surface area contributed by atoms with Crippen molar-refractivity contribution in [1.29, 1.82) is 0 Å². The summed E-state index contributed by atoms with van der Waals surface area (Å²) in [6.45, 7) is 4.70. The molecule has 0 unspecified atom stereocenters. The molecule has 0 aliphatic heterocycles. The van der Waals surface area contributed by atoms with E-state index in [2.05, 4.69) is 5.32 Å². The third-order valence-corrected chi connectivity index (χ3v) is 3.12. The first-order valence-corrected chi connectivity index (χ1v) is 7.28. The molecule has 0 atom stereocenters. The van der Waals surface area contributed by atoms with Gasteiger partial charge >= 0.3 is 0 Å². The lowest BCUT2D eigenvalue weighted by Gasteiger charge is -2.07.